The van der Waals surface area contributed by atoms with E-state index in [4.69, 9.17) is 4.74 Å². The van der Waals surface area contributed by atoms with Crippen LogP contribution in [0.15, 0.2) is 24.4 Å². The molecule has 2 aliphatic heterocycles. The first kappa shape index (κ1) is 27.0. The standard InChI is InChI=1S/C27H35F2N7O3/c1-34(18-10-12-30-13-11-18)24(37)17-8-9-20(22(14-17)39-3)32-26-31-15-21-23(33-26)36(19-6-4-5-7-19)16-27(28,29)25(38)35(21)2/h8-9,14-15,18-19,30H,4-7,10-13,16H2,1-3H3,(H,31,32,33). The Morgan fingerprint density at radius 1 is 1.21 bits per heavy atom. The summed E-state index contributed by atoms with van der Waals surface area (Å²) in [5.41, 5.74) is 1.26. The molecule has 2 fully saturated rings. The fourth-order valence-corrected chi connectivity index (χ4v) is 5.72. The van der Waals surface area contributed by atoms with Gasteiger partial charge in [0.2, 0.25) is 5.95 Å². The molecular weight excluding hydrogens is 508 g/mol. The molecule has 3 aliphatic rings. The van der Waals surface area contributed by atoms with Crippen molar-refractivity contribution >= 4 is 35.0 Å². The minimum atomic E-state index is -3.54. The van der Waals surface area contributed by atoms with Crippen LogP contribution in [0.3, 0.4) is 0 Å². The summed E-state index contributed by atoms with van der Waals surface area (Å²) in [4.78, 5) is 38.9. The molecule has 3 heterocycles. The lowest BCUT2D eigenvalue weighted by Crippen LogP contribution is -2.48. The number of piperidine rings is 1. The van der Waals surface area contributed by atoms with Gasteiger partial charge in [-0.1, -0.05) is 12.8 Å². The molecule has 12 heteroatoms. The van der Waals surface area contributed by atoms with E-state index in [9.17, 15) is 18.4 Å². The molecule has 2 amide bonds. The van der Waals surface area contributed by atoms with Crippen LogP contribution in [-0.2, 0) is 4.79 Å². The minimum Gasteiger partial charge on any atom is -0.495 e. The summed E-state index contributed by atoms with van der Waals surface area (Å²) in [6.45, 7) is 1.04. The highest BCUT2D eigenvalue weighted by Crippen LogP contribution is 2.40. The molecule has 5 rings (SSSR count). The Bertz CT molecular complexity index is 1230. The van der Waals surface area contributed by atoms with Gasteiger partial charge in [-0.15, -0.1) is 0 Å². The number of benzene rings is 1. The number of alkyl halides is 2. The summed E-state index contributed by atoms with van der Waals surface area (Å²) in [7, 11) is 4.65. The predicted molar refractivity (Wildman–Crippen MR) is 144 cm³/mol. The number of carbonyl (C=O) groups is 2. The molecular formula is C27H35F2N7O3. The Kier molecular flexibility index (Phi) is 7.57. The van der Waals surface area contributed by atoms with Crippen LogP contribution in [0, 0.1) is 0 Å². The first-order valence-electron chi connectivity index (χ1n) is 13.4. The molecule has 2 aromatic rings. The van der Waals surface area contributed by atoms with Crippen LogP contribution in [-0.4, -0.2) is 85.5 Å². The fraction of sp³-hybridized carbons (Fsp3) is 0.556. The van der Waals surface area contributed by atoms with Gasteiger partial charge in [0, 0.05) is 31.7 Å². The maximum absolute atomic E-state index is 14.9. The second kappa shape index (κ2) is 10.9. The van der Waals surface area contributed by atoms with Crippen molar-refractivity contribution in [2.24, 2.45) is 0 Å². The highest BCUT2D eigenvalue weighted by molar-refractivity contribution is 6.02. The van der Waals surface area contributed by atoms with Crippen LogP contribution < -0.4 is 25.2 Å². The number of hydrogen-bond acceptors (Lipinski definition) is 8. The molecule has 1 saturated heterocycles. The number of amides is 2. The average molecular weight is 544 g/mol. The summed E-state index contributed by atoms with van der Waals surface area (Å²) in [5.74, 6) is -4.02. The van der Waals surface area contributed by atoms with E-state index in [-0.39, 0.29) is 29.6 Å². The van der Waals surface area contributed by atoms with E-state index in [1.54, 1.807) is 28.0 Å². The van der Waals surface area contributed by atoms with E-state index >= 15 is 0 Å². The van der Waals surface area contributed by atoms with Crippen LogP contribution in [0.2, 0.25) is 0 Å². The van der Waals surface area contributed by atoms with Crippen molar-refractivity contribution in [2.75, 3.05) is 56.0 Å². The summed E-state index contributed by atoms with van der Waals surface area (Å²) < 4.78 is 35.3. The van der Waals surface area contributed by atoms with Gasteiger partial charge in [0.25, 0.3) is 11.8 Å². The normalized spacial score (nSPS) is 20.0. The first-order chi connectivity index (χ1) is 18.7. The van der Waals surface area contributed by atoms with Crippen molar-refractivity contribution < 1.29 is 23.1 Å². The van der Waals surface area contributed by atoms with Crippen molar-refractivity contribution in [3.8, 4) is 5.75 Å². The molecule has 1 aliphatic carbocycles. The highest BCUT2D eigenvalue weighted by Gasteiger charge is 2.48. The molecule has 0 radical (unpaired) electrons. The predicted octanol–water partition coefficient (Wildman–Crippen LogP) is 3.41. The Labute approximate surface area is 226 Å². The fourth-order valence-electron chi connectivity index (χ4n) is 5.72. The van der Waals surface area contributed by atoms with Gasteiger partial charge in [-0.2, -0.15) is 13.8 Å². The molecule has 39 heavy (non-hydrogen) atoms. The molecule has 2 N–H and O–H groups in total. The maximum atomic E-state index is 14.9. The van der Waals surface area contributed by atoms with Crippen molar-refractivity contribution in [3.05, 3.63) is 30.0 Å². The van der Waals surface area contributed by atoms with Crippen LogP contribution >= 0.6 is 0 Å². The monoisotopic (exact) mass is 543 g/mol. The second-order valence-corrected chi connectivity index (χ2v) is 10.5. The molecule has 210 valence electrons. The van der Waals surface area contributed by atoms with Gasteiger partial charge in [-0.3, -0.25) is 9.59 Å². The number of carbonyl (C=O) groups excluding carboxylic acids is 2. The van der Waals surface area contributed by atoms with Gasteiger partial charge in [0.05, 0.1) is 25.5 Å². The van der Waals surface area contributed by atoms with E-state index in [0.717, 1.165) is 56.5 Å². The van der Waals surface area contributed by atoms with Crippen LogP contribution in [0.1, 0.15) is 48.9 Å². The summed E-state index contributed by atoms with van der Waals surface area (Å²) in [6, 6.07) is 5.15. The van der Waals surface area contributed by atoms with E-state index in [1.807, 2.05) is 7.05 Å². The quantitative estimate of drug-likeness (QED) is 0.572. The number of hydrogen-bond donors (Lipinski definition) is 2. The zero-order valence-corrected chi connectivity index (χ0v) is 22.5. The number of fused-ring (bicyclic) bond motifs is 1. The number of rotatable bonds is 6. The average Bonchev–Trinajstić information content (AvgIpc) is 3.48. The first-order valence-corrected chi connectivity index (χ1v) is 13.4. The lowest BCUT2D eigenvalue weighted by Gasteiger charge is -2.31. The number of methoxy groups -OCH3 is 1. The van der Waals surface area contributed by atoms with Crippen molar-refractivity contribution in [1.29, 1.82) is 0 Å². The Balaban J connectivity index is 1.42. The number of nitrogens with one attached hydrogen (secondary N) is 2. The topological polar surface area (TPSA) is 103 Å². The Morgan fingerprint density at radius 2 is 1.92 bits per heavy atom. The molecule has 10 nitrogen and oxygen atoms in total. The smallest absolute Gasteiger partial charge is 0.342 e. The Hall–Kier alpha value is -3.54. The number of nitrogens with zero attached hydrogens (tertiary/aromatic N) is 5. The maximum Gasteiger partial charge on any atom is 0.342 e. The summed E-state index contributed by atoms with van der Waals surface area (Å²) in [6.07, 6.45) is 6.60. The summed E-state index contributed by atoms with van der Waals surface area (Å²) >= 11 is 0. The zero-order chi connectivity index (χ0) is 27.7. The lowest BCUT2D eigenvalue weighted by molar-refractivity contribution is -0.140. The van der Waals surface area contributed by atoms with Gasteiger partial charge >= 0.3 is 5.92 Å². The Morgan fingerprint density at radius 3 is 2.62 bits per heavy atom. The van der Waals surface area contributed by atoms with Crippen LogP contribution in [0.5, 0.6) is 5.75 Å². The van der Waals surface area contributed by atoms with Crippen LogP contribution in [0.4, 0.5) is 31.9 Å². The third kappa shape index (κ3) is 5.34. The van der Waals surface area contributed by atoms with E-state index in [0.29, 0.717) is 22.8 Å². The number of anilines is 4. The van der Waals surface area contributed by atoms with Crippen molar-refractivity contribution in [2.45, 2.75) is 56.5 Å². The van der Waals surface area contributed by atoms with Crippen LogP contribution in [0.25, 0.3) is 0 Å². The van der Waals surface area contributed by atoms with E-state index in [1.165, 1.54) is 20.4 Å². The van der Waals surface area contributed by atoms with Gasteiger partial charge in [0.1, 0.15) is 11.4 Å². The van der Waals surface area contributed by atoms with Crippen molar-refractivity contribution in [1.82, 2.24) is 20.2 Å². The minimum absolute atomic E-state index is 0.0890. The third-order valence-electron chi connectivity index (χ3n) is 8.01. The van der Waals surface area contributed by atoms with Gasteiger partial charge in [0.15, 0.2) is 5.82 Å². The molecule has 0 unspecified atom stereocenters. The van der Waals surface area contributed by atoms with Gasteiger partial charge in [-0.25, -0.2) is 4.98 Å². The van der Waals surface area contributed by atoms with Crippen molar-refractivity contribution in [3.63, 3.8) is 0 Å². The molecule has 0 bridgehead atoms. The van der Waals surface area contributed by atoms with Gasteiger partial charge in [-0.05, 0) is 57.0 Å². The number of aromatic nitrogens is 2. The van der Waals surface area contributed by atoms with E-state index in [2.05, 4.69) is 20.6 Å². The molecule has 1 aromatic heterocycles. The largest absolute Gasteiger partial charge is 0.495 e. The number of ether oxygens (including phenoxy) is 1. The van der Waals surface area contributed by atoms with E-state index < -0.39 is 18.4 Å². The summed E-state index contributed by atoms with van der Waals surface area (Å²) in [5, 5.41) is 6.42. The zero-order valence-electron chi connectivity index (χ0n) is 22.5. The molecule has 1 saturated carbocycles. The van der Waals surface area contributed by atoms with Gasteiger partial charge < -0.3 is 30.1 Å². The molecule has 1 aromatic carbocycles. The molecule has 0 atom stereocenters. The number of halogens is 2. The second-order valence-electron chi connectivity index (χ2n) is 10.5. The lowest BCUT2D eigenvalue weighted by atomic mass is 10.0. The highest BCUT2D eigenvalue weighted by atomic mass is 19.3. The third-order valence-corrected chi connectivity index (χ3v) is 8.01. The molecule has 0 spiro atoms. The SMILES string of the molecule is COc1cc(C(=O)N(C)C2CCNCC2)ccc1Nc1ncc2c(n1)N(C1CCCC1)CC(F)(F)C(=O)N2C.